The van der Waals surface area contributed by atoms with Crippen molar-refractivity contribution in [1.29, 1.82) is 0 Å². The minimum absolute atomic E-state index is 0.0233. The molecule has 4 aliphatic rings. The Kier molecular flexibility index (Phi) is 9.59. The fraction of sp³-hybridized carbons (Fsp3) is 0.475. The van der Waals surface area contributed by atoms with Gasteiger partial charge in [-0.1, -0.05) is 61.8 Å². The van der Waals surface area contributed by atoms with Gasteiger partial charge in [0.15, 0.2) is 12.0 Å². The normalized spacial score (nSPS) is 26.5. The summed E-state index contributed by atoms with van der Waals surface area (Å²) in [4.78, 5) is 41.2. The van der Waals surface area contributed by atoms with E-state index < -0.39 is 24.0 Å². The van der Waals surface area contributed by atoms with Gasteiger partial charge in [0.05, 0.1) is 22.4 Å². The monoisotopic (exact) mass is 785 g/mol. The molecule has 54 heavy (non-hydrogen) atoms. The number of nitrogens with zero attached hydrogens (tertiary/aromatic N) is 7. The number of benzene rings is 2. The first kappa shape index (κ1) is 37.0. The Morgan fingerprint density at radius 1 is 1.04 bits per heavy atom. The summed E-state index contributed by atoms with van der Waals surface area (Å²) < 4.78 is 7.91. The largest absolute Gasteiger partial charge is 0.460 e. The molecule has 2 saturated heterocycles. The number of aromatic nitrogens is 3. The molecule has 7 atom stereocenters. The van der Waals surface area contributed by atoms with Crippen LogP contribution in [0.25, 0.3) is 5.00 Å². The number of nitroso groups, excluding NO2 is 1. The van der Waals surface area contributed by atoms with Gasteiger partial charge in [-0.2, -0.15) is 4.90 Å². The quantitative estimate of drug-likeness (QED) is 0.159. The number of hydrogen-bond acceptors (Lipinski definition) is 10. The molecule has 7 unspecified atom stereocenters. The highest BCUT2D eigenvalue weighted by Gasteiger charge is 2.59. The lowest BCUT2D eigenvalue weighted by molar-refractivity contribution is -0.626. The maximum Gasteiger partial charge on any atom is 0.308 e. The number of fused-ring (bicyclic) bond motifs is 6. The van der Waals surface area contributed by atoms with Gasteiger partial charge in [-0.25, -0.2) is 0 Å². The van der Waals surface area contributed by atoms with E-state index in [0.29, 0.717) is 22.7 Å². The van der Waals surface area contributed by atoms with Crippen molar-refractivity contribution in [2.24, 2.45) is 21.8 Å². The Morgan fingerprint density at radius 3 is 2.44 bits per heavy atom. The summed E-state index contributed by atoms with van der Waals surface area (Å²) in [6.07, 6.45) is -0.0160. The van der Waals surface area contributed by atoms with E-state index >= 15 is 0 Å². The third kappa shape index (κ3) is 6.60. The first-order valence-corrected chi connectivity index (χ1v) is 20.7. The highest BCUT2D eigenvalue weighted by molar-refractivity contribution is 8.00. The third-order valence-electron chi connectivity index (χ3n) is 11.1. The minimum atomic E-state index is -0.623. The Bertz CT molecular complexity index is 2190. The lowest BCUT2D eigenvalue weighted by atomic mass is 9.84. The number of aliphatic imine (C=N–C) groups is 2. The number of carbonyl (C=O) groups excluding carboxylic acids is 1. The van der Waals surface area contributed by atoms with Gasteiger partial charge in [-0.15, -0.1) is 38.7 Å². The first-order chi connectivity index (χ1) is 25.7. The van der Waals surface area contributed by atoms with Gasteiger partial charge in [0.2, 0.25) is 0 Å². The summed E-state index contributed by atoms with van der Waals surface area (Å²) in [5, 5.41) is 11.0. The minimum Gasteiger partial charge on any atom is -0.460 e. The summed E-state index contributed by atoms with van der Waals surface area (Å²) in [7, 11) is 0. The van der Waals surface area contributed by atoms with Crippen LogP contribution in [0.2, 0.25) is 5.02 Å². The molecule has 14 heteroatoms. The van der Waals surface area contributed by atoms with Gasteiger partial charge < -0.3 is 4.74 Å². The van der Waals surface area contributed by atoms with E-state index in [1.54, 1.807) is 11.3 Å². The zero-order valence-electron chi connectivity index (χ0n) is 31.8. The predicted molar refractivity (Wildman–Crippen MR) is 215 cm³/mol. The number of carbonyl (C=O) groups is 1. The highest BCUT2D eigenvalue weighted by Crippen LogP contribution is 2.50. The summed E-state index contributed by atoms with van der Waals surface area (Å²) in [5.41, 5.74) is 9.95. The topological polar surface area (TPSA) is 117 Å². The van der Waals surface area contributed by atoms with E-state index in [0.717, 1.165) is 56.1 Å². The third-order valence-corrected chi connectivity index (χ3v) is 14.3. The molecule has 0 spiro atoms. The van der Waals surface area contributed by atoms with Crippen molar-refractivity contribution in [3.05, 3.63) is 103 Å². The van der Waals surface area contributed by atoms with Crippen LogP contribution in [-0.4, -0.2) is 76.5 Å². The summed E-state index contributed by atoms with van der Waals surface area (Å²) >= 11 is 9.93. The van der Waals surface area contributed by atoms with E-state index in [2.05, 4.69) is 70.1 Å². The van der Waals surface area contributed by atoms with Crippen molar-refractivity contribution in [3.63, 3.8) is 0 Å². The average molecular weight is 786 g/mol. The van der Waals surface area contributed by atoms with Crippen LogP contribution >= 0.6 is 34.7 Å². The number of halogens is 1. The molecular weight excluding hydrogens is 740 g/mol. The molecule has 8 rings (SSSR count). The molecule has 0 aliphatic carbocycles. The molecule has 2 fully saturated rings. The Morgan fingerprint density at radius 2 is 1.74 bits per heavy atom. The van der Waals surface area contributed by atoms with Crippen LogP contribution in [0.1, 0.15) is 92.3 Å². The molecule has 2 aromatic carbocycles. The number of thioether (sulfide) groups is 1. The highest BCUT2D eigenvalue weighted by atomic mass is 35.5. The van der Waals surface area contributed by atoms with E-state index in [1.807, 2.05) is 70.6 Å². The van der Waals surface area contributed by atoms with Crippen LogP contribution < -0.4 is 5.43 Å². The van der Waals surface area contributed by atoms with E-state index in [1.165, 1.54) is 16.0 Å². The number of hydrogen-bond donors (Lipinski definition) is 1. The second kappa shape index (κ2) is 14.0. The molecule has 0 bridgehead atoms. The van der Waals surface area contributed by atoms with Crippen molar-refractivity contribution in [2.45, 2.75) is 109 Å². The van der Waals surface area contributed by atoms with Crippen molar-refractivity contribution in [3.8, 4) is 5.00 Å². The first-order valence-electron chi connectivity index (χ1n) is 18.6. The summed E-state index contributed by atoms with van der Waals surface area (Å²) in [6.45, 7) is 16.7. The number of esters is 1. The van der Waals surface area contributed by atoms with Crippen molar-refractivity contribution >= 4 is 52.1 Å². The maximum atomic E-state index is 13.3. The van der Waals surface area contributed by atoms with Crippen LogP contribution in [0.3, 0.4) is 0 Å². The number of hydrazine groups is 1. The van der Waals surface area contributed by atoms with Crippen molar-refractivity contribution < 1.29 is 14.4 Å². The van der Waals surface area contributed by atoms with E-state index in [4.69, 9.17) is 26.3 Å². The fourth-order valence-corrected chi connectivity index (χ4v) is 11.6. The van der Waals surface area contributed by atoms with Gasteiger partial charge in [-0.05, 0) is 69.4 Å². The molecule has 4 aliphatic heterocycles. The van der Waals surface area contributed by atoms with E-state index in [9.17, 15) is 9.70 Å². The van der Waals surface area contributed by atoms with Crippen LogP contribution in [0, 0.1) is 30.6 Å². The number of thiophene rings is 1. The molecule has 0 amide bonds. The van der Waals surface area contributed by atoms with Gasteiger partial charge in [-0.3, -0.25) is 19.3 Å². The SMILES string of the molecule is Cc1c(Cc2ccc(C3=NC(CC(=O)OC(C)(C)C)C4N[N+](=O)C(C)N4C4SC(C)C(C)C34)cc2)sc2c1C(c1ccc(Cl)cc1)=NCc1nnc(C)n1-2. The molecule has 11 nitrogen and oxygen atoms in total. The zero-order valence-corrected chi connectivity index (χ0v) is 34.2. The van der Waals surface area contributed by atoms with Crippen molar-refractivity contribution in [1.82, 2.24) is 25.1 Å². The molecule has 282 valence electrons. The Hall–Kier alpha value is -3.91. The standard InChI is InChI=1S/C40H46ClN8O3S2/c1-20-22(3)53-39-33(20)36(43-29(18-32(50)52-40(6,7)8)37-46-49(51)24(5)48(37)39)27-11-9-25(10-12-27)17-30-21(2)34-35(26-13-15-28(41)16-14-26)42-19-31-45-44-23(4)47(31)38(34)54-30/h9-16,20,22,24,29,33,37,39H,17-19H2,1-8H3,(H,46,51)/q+1. The van der Waals surface area contributed by atoms with Crippen LogP contribution in [0.4, 0.5) is 0 Å². The van der Waals surface area contributed by atoms with Crippen LogP contribution in [-0.2, 0) is 22.5 Å². The molecule has 0 saturated carbocycles. The molecule has 1 N–H and O–H groups in total. The van der Waals surface area contributed by atoms with Crippen LogP contribution in [0.5, 0.6) is 0 Å². The van der Waals surface area contributed by atoms with Crippen molar-refractivity contribution in [2.75, 3.05) is 0 Å². The molecule has 2 aromatic heterocycles. The summed E-state index contributed by atoms with van der Waals surface area (Å²) in [5.74, 6) is 1.71. The fourth-order valence-electron chi connectivity index (χ4n) is 8.22. The Balaban J connectivity index is 1.15. The molecule has 6 heterocycles. The number of aryl methyl sites for hydroxylation is 1. The predicted octanol–water partition coefficient (Wildman–Crippen LogP) is 7.43. The molecule has 0 radical (unpaired) electrons. The van der Waals surface area contributed by atoms with Gasteiger partial charge >= 0.3 is 5.97 Å². The number of ether oxygens (including phenoxy) is 1. The molecule has 4 aromatic rings. The number of rotatable bonds is 6. The lowest BCUT2D eigenvalue weighted by Crippen LogP contribution is -2.50. The summed E-state index contributed by atoms with van der Waals surface area (Å²) in [6, 6.07) is 16.1. The van der Waals surface area contributed by atoms with Gasteiger partial charge in [0.25, 0.3) is 6.17 Å². The second-order valence-corrected chi connectivity index (χ2v) is 18.9. The zero-order chi connectivity index (χ0) is 38.2. The van der Waals surface area contributed by atoms with Gasteiger partial charge in [0.1, 0.15) is 33.9 Å². The smallest absolute Gasteiger partial charge is 0.308 e. The molecular formula is C40H46ClN8O3S2+. The van der Waals surface area contributed by atoms with Gasteiger partial charge in [0, 0.05) is 51.3 Å². The van der Waals surface area contributed by atoms with Crippen LogP contribution in [0.15, 0.2) is 58.5 Å². The average Bonchev–Trinajstić information content (AvgIpc) is 3.76. The van der Waals surface area contributed by atoms with E-state index in [-0.39, 0.29) is 23.7 Å². The number of nitrogens with one attached hydrogen (secondary N) is 1. The lowest BCUT2D eigenvalue weighted by Gasteiger charge is -2.30. The second-order valence-electron chi connectivity index (χ2n) is 15.8. The maximum absolute atomic E-state index is 13.3. The Labute approximate surface area is 329 Å².